The van der Waals surface area contributed by atoms with Gasteiger partial charge in [-0.2, -0.15) is 24.9 Å². The van der Waals surface area contributed by atoms with E-state index in [-0.39, 0.29) is 17.0 Å². The number of thioether (sulfide) groups is 1. The fourth-order valence-electron chi connectivity index (χ4n) is 4.56. The number of halogens is 3. The van der Waals surface area contributed by atoms with E-state index in [1.165, 1.54) is 24.0 Å². The summed E-state index contributed by atoms with van der Waals surface area (Å²) in [6.07, 6.45) is -3.16. The van der Waals surface area contributed by atoms with Crippen molar-refractivity contribution in [2.24, 2.45) is 0 Å². The van der Waals surface area contributed by atoms with Crippen LogP contribution in [0, 0.1) is 0 Å². The third-order valence-electron chi connectivity index (χ3n) is 6.94. The molecule has 5 aromatic rings. The lowest BCUT2D eigenvalue weighted by molar-refractivity contribution is -0.140. The van der Waals surface area contributed by atoms with Crippen molar-refractivity contribution in [2.75, 3.05) is 11.1 Å². The largest absolute Gasteiger partial charge is 0.480 e. The minimum atomic E-state index is -4.58. The number of nitrogens with one attached hydrogen (secondary N) is 1. The van der Waals surface area contributed by atoms with E-state index < -0.39 is 35.2 Å². The monoisotopic (exact) mass is 644 g/mol. The second kappa shape index (κ2) is 14.2. The van der Waals surface area contributed by atoms with E-state index in [0.717, 1.165) is 34.4 Å². The summed E-state index contributed by atoms with van der Waals surface area (Å²) < 4.78 is 46.0. The van der Waals surface area contributed by atoms with Crippen molar-refractivity contribution in [3.8, 4) is 22.6 Å². The minimum absolute atomic E-state index is 0.0454. The molecule has 234 valence electrons. The van der Waals surface area contributed by atoms with Gasteiger partial charge in [-0.05, 0) is 65.7 Å². The summed E-state index contributed by atoms with van der Waals surface area (Å²) >= 11 is 1.33. The fraction of sp³-hybridized carbons (Fsp3) is 0.114. The third-order valence-corrected chi connectivity index (χ3v) is 8.03. The lowest BCUT2D eigenvalue weighted by Crippen LogP contribution is -2.33. The van der Waals surface area contributed by atoms with Crippen LogP contribution < -0.4 is 15.6 Å². The van der Waals surface area contributed by atoms with E-state index in [2.05, 4.69) is 5.32 Å². The van der Waals surface area contributed by atoms with Gasteiger partial charge in [-0.25, -0.2) is 4.79 Å². The van der Waals surface area contributed by atoms with Gasteiger partial charge >= 0.3 is 12.1 Å². The fourth-order valence-corrected chi connectivity index (χ4v) is 5.63. The van der Waals surface area contributed by atoms with Gasteiger partial charge in [0, 0.05) is 28.8 Å². The van der Waals surface area contributed by atoms with E-state index in [9.17, 15) is 32.7 Å². The number of carbonyl (C=O) groups excluding carboxylic acids is 1. The average Bonchev–Trinajstić information content (AvgIpc) is 3.05. The van der Waals surface area contributed by atoms with Crippen molar-refractivity contribution in [3.05, 3.63) is 149 Å². The zero-order chi connectivity index (χ0) is 32.7. The Morgan fingerprint density at radius 2 is 1.43 bits per heavy atom. The molecule has 5 rings (SSSR count). The molecule has 11 heteroatoms. The van der Waals surface area contributed by atoms with E-state index in [1.54, 1.807) is 36.4 Å². The highest BCUT2D eigenvalue weighted by Crippen LogP contribution is 2.30. The summed E-state index contributed by atoms with van der Waals surface area (Å²) in [5.41, 5.74) is -0.0364. The first kappa shape index (κ1) is 32.1. The maximum Gasteiger partial charge on any atom is 0.416 e. The van der Waals surface area contributed by atoms with E-state index in [0.29, 0.717) is 28.4 Å². The first-order valence-corrected chi connectivity index (χ1v) is 15.2. The lowest BCUT2D eigenvalue weighted by Gasteiger charge is -2.19. The number of carboxylic acid groups (broad SMARTS) is 1. The number of benzene rings is 4. The molecule has 1 aromatic heterocycles. The molecule has 7 nitrogen and oxygen atoms in total. The van der Waals surface area contributed by atoms with Crippen LogP contribution in [0.4, 0.5) is 18.9 Å². The molecule has 0 aliphatic heterocycles. The van der Waals surface area contributed by atoms with Crippen LogP contribution in [0.5, 0.6) is 11.5 Å². The Hall–Kier alpha value is -5.29. The number of aliphatic carboxylic acids is 1. The summed E-state index contributed by atoms with van der Waals surface area (Å²) in [7, 11) is 0. The number of carboxylic acids is 1. The molecule has 0 saturated heterocycles. The van der Waals surface area contributed by atoms with Crippen molar-refractivity contribution in [1.82, 2.24) is 4.57 Å². The molecule has 1 heterocycles. The Balaban J connectivity index is 1.47. The molecule has 1 atom stereocenters. The number of anilines is 1. The number of rotatable bonds is 11. The molecule has 0 spiro atoms. The van der Waals surface area contributed by atoms with Gasteiger partial charge in [0.05, 0.1) is 5.56 Å². The van der Waals surface area contributed by atoms with Crippen LogP contribution in [0.3, 0.4) is 0 Å². The van der Waals surface area contributed by atoms with Crippen LogP contribution in [0.1, 0.15) is 27.5 Å². The van der Waals surface area contributed by atoms with Crippen molar-refractivity contribution in [3.63, 3.8) is 0 Å². The summed E-state index contributed by atoms with van der Waals surface area (Å²) in [5, 5.41) is 12.6. The highest BCUT2D eigenvalue weighted by atomic mass is 32.2. The number of para-hydroxylation sites is 1. The maximum atomic E-state index is 13.6. The molecule has 4 aromatic carbocycles. The Morgan fingerprint density at radius 3 is 2.04 bits per heavy atom. The molecular weight excluding hydrogens is 617 g/mol. The number of carbonyl (C=O) groups is 2. The molecule has 1 amide bonds. The molecule has 0 saturated carbocycles. The number of pyridine rings is 1. The van der Waals surface area contributed by atoms with E-state index in [4.69, 9.17) is 4.74 Å². The van der Waals surface area contributed by atoms with Crippen LogP contribution >= 0.6 is 11.8 Å². The van der Waals surface area contributed by atoms with Crippen molar-refractivity contribution in [2.45, 2.75) is 18.0 Å². The first-order chi connectivity index (χ1) is 22.1. The highest BCUT2D eigenvalue weighted by Gasteiger charge is 2.30. The van der Waals surface area contributed by atoms with Crippen molar-refractivity contribution >= 4 is 29.3 Å². The van der Waals surface area contributed by atoms with Gasteiger partial charge in [-0.3, -0.25) is 14.2 Å². The lowest BCUT2D eigenvalue weighted by atomic mass is 10.1. The van der Waals surface area contributed by atoms with Gasteiger partial charge < -0.3 is 15.2 Å². The SMILES string of the molecule is O=C(Nc1cc(-c2ccc(Oc3ccccc3)cc2)cn([C@H](CSCc2ccccc2)C(=O)O)c1=O)c1ccc(C(F)(F)F)cc1. The van der Waals surface area contributed by atoms with Gasteiger partial charge in [-0.1, -0.05) is 60.7 Å². The zero-order valence-electron chi connectivity index (χ0n) is 24.1. The number of hydrogen-bond acceptors (Lipinski definition) is 5. The van der Waals surface area contributed by atoms with Gasteiger partial charge in [0.25, 0.3) is 11.5 Å². The summed E-state index contributed by atoms with van der Waals surface area (Å²) in [6.45, 7) is 0. The second-order valence-corrected chi connectivity index (χ2v) is 11.2. The predicted octanol–water partition coefficient (Wildman–Crippen LogP) is 8.14. The molecule has 2 N–H and O–H groups in total. The number of hydrogen-bond donors (Lipinski definition) is 2. The van der Waals surface area contributed by atoms with Crippen molar-refractivity contribution < 1.29 is 32.6 Å². The smallest absolute Gasteiger partial charge is 0.416 e. The summed E-state index contributed by atoms with van der Waals surface area (Å²) in [5.74, 6) is -0.337. The van der Waals surface area contributed by atoms with E-state index in [1.807, 2.05) is 48.5 Å². The molecule has 0 aliphatic carbocycles. The van der Waals surface area contributed by atoms with Crippen LogP contribution in [0.15, 0.2) is 126 Å². The highest BCUT2D eigenvalue weighted by molar-refractivity contribution is 7.98. The molecule has 46 heavy (non-hydrogen) atoms. The second-order valence-electron chi connectivity index (χ2n) is 10.2. The van der Waals surface area contributed by atoms with Crippen LogP contribution in [0.2, 0.25) is 0 Å². The number of nitrogens with zero attached hydrogens (tertiary/aromatic N) is 1. The van der Waals surface area contributed by atoms with Gasteiger partial charge in [0.2, 0.25) is 0 Å². The third kappa shape index (κ3) is 8.05. The molecule has 0 fully saturated rings. The Morgan fingerprint density at radius 1 is 0.826 bits per heavy atom. The van der Waals surface area contributed by atoms with Crippen LogP contribution in [-0.4, -0.2) is 27.3 Å². The Kier molecular flexibility index (Phi) is 9.92. The minimum Gasteiger partial charge on any atom is -0.480 e. The topological polar surface area (TPSA) is 97.6 Å². The normalized spacial score (nSPS) is 11.9. The Bertz CT molecular complexity index is 1860. The number of ether oxygens (including phenoxy) is 1. The Labute approximate surface area is 266 Å². The summed E-state index contributed by atoms with van der Waals surface area (Å²) in [6, 6.07) is 29.1. The standard InChI is InChI=1S/C35H27F3N2O5S/c36-35(37,38)27-15-11-25(12-16-27)32(41)39-30-19-26(24-13-17-29(18-14-24)45-28-9-5-2-6-10-28)20-40(33(30)42)31(34(43)44)22-46-21-23-7-3-1-4-8-23/h1-20,31H,21-22H2,(H,39,41)(H,43,44)/t31-/m1/s1. The molecule has 0 aliphatic rings. The summed E-state index contributed by atoms with van der Waals surface area (Å²) in [4.78, 5) is 39.2. The van der Waals surface area contributed by atoms with Gasteiger partial charge in [-0.15, -0.1) is 0 Å². The molecular formula is C35H27F3N2O5S. The quantitative estimate of drug-likeness (QED) is 0.151. The van der Waals surface area contributed by atoms with Gasteiger partial charge in [0.1, 0.15) is 23.2 Å². The number of aromatic nitrogens is 1. The molecule has 0 bridgehead atoms. The average molecular weight is 645 g/mol. The number of amides is 1. The van der Waals surface area contributed by atoms with E-state index >= 15 is 0 Å². The molecule has 0 unspecified atom stereocenters. The van der Waals surface area contributed by atoms with Crippen LogP contribution in [-0.2, 0) is 16.7 Å². The van der Waals surface area contributed by atoms with Crippen molar-refractivity contribution in [1.29, 1.82) is 0 Å². The predicted molar refractivity (Wildman–Crippen MR) is 171 cm³/mol. The van der Waals surface area contributed by atoms with Gasteiger partial charge in [0.15, 0.2) is 0 Å². The number of alkyl halides is 3. The first-order valence-electron chi connectivity index (χ1n) is 14.0. The zero-order valence-corrected chi connectivity index (χ0v) is 24.9. The van der Waals surface area contributed by atoms with Crippen LogP contribution in [0.25, 0.3) is 11.1 Å². The maximum absolute atomic E-state index is 13.6. The molecule has 0 radical (unpaired) electrons.